The molecular weight excluding hydrogens is 347 g/mol. The van der Waals surface area contributed by atoms with E-state index < -0.39 is 0 Å². The number of nitrogens with one attached hydrogen (secondary N) is 1. The van der Waals surface area contributed by atoms with E-state index in [4.69, 9.17) is 0 Å². The molecule has 0 saturated carbocycles. The van der Waals surface area contributed by atoms with Crippen LogP contribution < -0.4 is 5.32 Å². The van der Waals surface area contributed by atoms with Crippen LogP contribution in [0, 0.1) is 12.7 Å². The van der Waals surface area contributed by atoms with E-state index in [9.17, 15) is 9.18 Å². The van der Waals surface area contributed by atoms with Gasteiger partial charge in [0.25, 0.3) is 5.91 Å². The van der Waals surface area contributed by atoms with Gasteiger partial charge in [-0.15, -0.1) is 11.3 Å². The van der Waals surface area contributed by atoms with Gasteiger partial charge in [0.15, 0.2) is 0 Å². The number of carbonyl (C=O) groups excluding carboxylic acids is 1. The minimum absolute atomic E-state index is 0.282. The Labute approximate surface area is 154 Å². The largest absolute Gasteiger partial charge is 0.322 e. The Morgan fingerprint density at radius 1 is 1.08 bits per heavy atom. The molecule has 4 aromatic rings. The van der Waals surface area contributed by atoms with Gasteiger partial charge in [-0.05, 0) is 48.2 Å². The van der Waals surface area contributed by atoms with Crippen LogP contribution in [0.15, 0.2) is 66.0 Å². The number of aryl methyl sites for hydroxylation is 1. The number of amides is 1. The summed E-state index contributed by atoms with van der Waals surface area (Å²) in [5.74, 6) is -0.667. The van der Waals surface area contributed by atoms with Gasteiger partial charge in [0.1, 0.15) is 5.82 Å². The summed E-state index contributed by atoms with van der Waals surface area (Å²) in [5.41, 5.74) is 3.28. The number of fused-ring (bicyclic) bond motifs is 1. The van der Waals surface area contributed by atoms with Crippen LogP contribution in [-0.4, -0.2) is 10.9 Å². The Bertz CT molecular complexity index is 1110. The molecule has 0 saturated heterocycles. The fourth-order valence-corrected chi connectivity index (χ4v) is 3.52. The van der Waals surface area contributed by atoms with Gasteiger partial charge in [-0.1, -0.05) is 30.3 Å². The maximum Gasteiger partial charge on any atom is 0.256 e. The van der Waals surface area contributed by atoms with Crippen LogP contribution in [0.5, 0.6) is 0 Å². The standard InChI is InChI=1S/C21H15FN2OS/c1-13-8-9-14(22)11-18(13)24-21(25)16-12-19(20-7-4-10-26-20)23-17-6-3-2-5-15(16)17/h2-12H,1H3,(H,24,25). The van der Waals surface area contributed by atoms with Crippen molar-refractivity contribution in [3.05, 3.63) is 83.0 Å². The highest BCUT2D eigenvalue weighted by atomic mass is 32.1. The van der Waals surface area contributed by atoms with Crippen LogP contribution in [0.1, 0.15) is 15.9 Å². The third kappa shape index (κ3) is 3.09. The highest BCUT2D eigenvalue weighted by molar-refractivity contribution is 7.13. The topological polar surface area (TPSA) is 42.0 Å². The van der Waals surface area contributed by atoms with Crippen LogP contribution in [-0.2, 0) is 0 Å². The number of aromatic nitrogens is 1. The number of hydrogen-bond acceptors (Lipinski definition) is 3. The Morgan fingerprint density at radius 3 is 2.73 bits per heavy atom. The predicted octanol–water partition coefficient (Wildman–Crippen LogP) is 5.66. The van der Waals surface area contributed by atoms with Gasteiger partial charge in [0.2, 0.25) is 0 Å². The third-order valence-corrected chi connectivity index (χ3v) is 5.07. The lowest BCUT2D eigenvalue weighted by molar-refractivity contribution is 0.102. The van der Waals surface area contributed by atoms with E-state index >= 15 is 0 Å². The average molecular weight is 362 g/mol. The quantitative estimate of drug-likeness (QED) is 0.511. The molecule has 2 aromatic heterocycles. The molecule has 4 rings (SSSR count). The second-order valence-electron chi connectivity index (χ2n) is 5.96. The number of benzene rings is 2. The van der Waals surface area contributed by atoms with Gasteiger partial charge in [-0.3, -0.25) is 4.79 Å². The molecule has 0 atom stereocenters. The summed E-state index contributed by atoms with van der Waals surface area (Å²) >= 11 is 1.57. The lowest BCUT2D eigenvalue weighted by Crippen LogP contribution is -2.14. The zero-order chi connectivity index (χ0) is 18.1. The predicted molar refractivity (Wildman–Crippen MR) is 104 cm³/mol. The summed E-state index contributed by atoms with van der Waals surface area (Å²) in [4.78, 5) is 18.6. The number of carbonyl (C=O) groups is 1. The number of rotatable bonds is 3. The number of thiophene rings is 1. The van der Waals surface area contributed by atoms with Crippen LogP contribution in [0.25, 0.3) is 21.5 Å². The average Bonchev–Trinajstić information content (AvgIpc) is 3.18. The number of para-hydroxylation sites is 1. The monoisotopic (exact) mass is 362 g/mol. The number of pyridine rings is 1. The highest BCUT2D eigenvalue weighted by Gasteiger charge is 2.15. The van der Waals surface area contributed by atoms with Crippen molar-refractivity contribution in [2.45, 2.75) is 6.92 Å². The van der Waals surface area contributed by atoms with Crippen molar-refractivity contribution in [3.63, 3.8) is 0 Å². The lowest BCUT2D eigenvalue weighted by atomic mass is 10.1. The van der Waals surface area contributed by atoms with E-state index in [1.807, 2.05) is 48.7 Å². The SMILES string of the molecule is Cc1ccc(F)cc1NC(=O)c1cc(-c2cccs2)nc2ccccc12. The molecule has 1 amide bonds. The van der Waals surface area contributed by atoms with E-state index in [-0.39, 0.29) is 11.7 Å². The van der Waals surface area contributed by atoms with Crippen LogP contribution in [0.3, 0.4) is 0 Å². The Hall–Kier alpha value is -3.05. The van der Waals surface area contributed by atoms with E-state index in [2.05, 4.69) is 10.3 Å². The van der Waals surface area contributed by atoms with Gasteiger partial charge in [-0.2, -0.15) is 0 Å². The molecule has 26 heavy (non-hydrogen) atoms. The maximum absolute atomic E-state index is 13.5. The molecule has 0 aliphatic heterocycles. The van der Waals surface area contributed by atoms with Gasteiger partial charge < -0.3 is 5.32 Å². The molecule has 2 aromatic carbocycles. The van der Waals surface area contributed by atoms with E-state index in [1.54, 1.807) is 23.5 Å². The number of halogens is 1. The number of anilines is 1. The third-order valence-electron chi connectivity index (χ3n) is 4.18. The van der Waals surface area contributed by atoms with Crippen LogP contribution in [0.2, 0.25) is 0 Å². The first kappa shape index (κ1) is 16.4. The molecule has 0 aliphatic carbocycles. The van der Waals surface area contributed by atoms with Crippen molar-refractivity contribution in [1.29, 1.82) is 0 Å². The van der Waals surface area contributed by atoms with Crippen LogP contribution >= 0.6 is 11.3 Å². The summed E-state index contributed by atoms with van der Waals surface area (Å²) in [7, 11) is 0. The minimum Gasteiger partial charge on any atom is -0.322 e. The summed E-state index contributed by atoms with van der Waals surface area (Å²) in [6.07, 6.45) is 0. The molecule has 0 radical (unpaired) electrons. The van der Waals surface area contributed by atoms with Crippen molar-refractivity contribution in [3.8, 4) is 10.6 Å². The van der Waals surface area contributed by atoms with E-state index in [0.717, 1.165) is 27.0 Å². The normalized spacial score (nSPS) is 10.8. The van der Waals surface area contributed by atoms with E-state index in [0.29, 0.717) is 11.3 Å². The molecule has 0 aliphatic rings. The van der Waals surface area contributed by atoms with Crippen molar-refractivity contribution < 1.29 is 9.18 Å². The molecule has 0 unspecified atom stereocenters. The smallest absolute Gasteiger partial charge is 0.256 e. The second kappa shape index (κ2) is 6.69. The molecule has 0 spiro atoms. The molecule has 2 heterocycles. The molecule has 128 valence electrons. The van der Waals surface area contributed by atoms with E-state index in [1.165, 1.54) is 12.1 Å². The van der Waals surface area contributed by atoms with Gasteiger partial charge in [-0.25, -0.2) is 9.37 Å². The van der Waals surface area contributed by atoms with Gasteiger partial charge in [0.05, 0.1) is 21.7 Å². The van der Waals surface area contributed by atoms with Crippen molar-refractivity contribution in [2.75, 3.05) is 5.32 Å². The molecule has 0 bridgehead atoms. The fourth-order valence-electron chi connectivity index (χ4n) is 2.83. The fraction of sp³-hybridized carbons (Fsp3) is 0.0476. The first-order valence-corrected chi connectivity index (χ1v) is 9.01. The summed E-state index contributed by atoms with van der Waals surface area (Å²) in [5, 5.41) is 5.57. The molecular formula is C21H15FN2OS. The molecule has 3 nitrogen and oxygen atoms in total. The Balaban J connectivity index is 1.81. The second-order valence-corrected chi connectivity index (χ2v) is 6.91. The number of nitrogens with zero attached hydrogens (tertiary/aromatic N) is 1. The van der Waals surface area contributed by atoms with Crippen molar-refractivity contribution >= 4 is 33.8 Å². The Morgan fingerprint density at radius 2 is 1.92 bits per heavy atom. The zero-order valence-corrected chi connectivity index (χ0v) is 14.8. The summed E-state index contributed by atoms with van der Waals surface area (Å²) < 4.78 is 13.5. The zero-order valence-electron chi connectivity index (χ0n) is 14.0. The van der Waals surface area contributed by atoms with Gasteiger partial charge >= 0.3 is 0 Å². The van der Waals surface area contributed by atoms with Crippen LogP contribution in [0.4, 0.5) is 10.1 Å². The first-order chi connectivity index (χ1) is 12.6. The molecule has 1 N–H and O–H groups in total. The lowest BCUT2D eigenvalue weighted by Gasteiger charge is -2.11. The molecule has 0 fully saturated rings. The van der Waals surface area contributed by atoms with Crippen molar-refractivity contribution in [1.82, 2.24) is 4.98 Å². The Kier molecular flexibility index (Phi) is 4.22. The minimum atomic E-state index is -0.384. The summed E-state index contributed by atoms with van der Waals surface area (Å²) in [6, 6.07) is 17.6. The first-order valence-electron chi connectivity index (χ1n) is 8.13. The number of hydrogen-bond donors (Lipinski definition) is 1. The summed E-state index contributed by atoms with van der Waals surface area (Å²) in [6.45, 7) is 1.83. The van der Waals surface area contributed by atoms with Gasteiger partial charge in [0, 0.05) is 11.1 Å². The molecule has 5 heteroatoms. The van der Waals surface area contributed by atoms with Crippen molar-refractivity contribution in [2.24, 2.45) is 0 Å². The maximum atomic E-state index is 13.5. The highest BCUT2D eigenvalue weighted by Crippen LogP contribution is 2.28.